The highest BCUT2D eigenvalue weighted by molar-refractivity contribution is 7.92. The number of anilines is 3. The molecule has 1 saturated heterocycles. The number of rotatable bonds is 8. The van der Waals surface area contributed by atoms with Crippen molar-refractivity contribution in [3.63, 3.8) is 0 Å². The van der Waals surface area contributed by atoms with Gasteiger partial charge in [-0.3, -0.25) is 14.0 Å². The fraction of sp³-hybridized carbons (Fsp3) is 0.250. The summed E-state index contributed by atoms with van der Waals surface area (Å²) in [5.41, 5.74) is 4.87. The maximum atomic E-state index is 13.1. The Labute approximate surface area is 217 Å². The molecule has 0 aromatic heterocycles. The number of para-hydroxylation sites is 1. The van der Waals surface area contributed by atoms with Crippen molar-refractivity contribution >= 4 is 44.3 Å². The molecule has 0 spiro atoms. The first kappa shape index (κ1) is 25.0. The standard InChI is InChI=1S/C28H30N4O4S/c1-37(34,35)32(15-14-31-16-18-36-19-17-31)23-11-7-10-22(20-23)29-27(21-8-3-2-4-9-21)26-24-12-5-6-13-25(24)30-28(26)33/h2-13,20,29H,14-19H2,1H3,(H,30,33)/b27-26-. The molecule has 3 aromatic carbocycles. The smallest absolute Gasteiger partial charge is 0.258 e. The second kappa shape index (κ2) is 10.8. The Morgan fingerprint density at radius 3 is 2.49 bits per heavy atom. The summed E-state index contributed by atoms with van der Waals surface area (Å²) in [6.45, 7) is 3.85. The summed E-state index contributed by atoms with van der Waals surface area (Å²) in [5, 5.41) is 6.37. The van der Waals surface area contributed by atoms with Gasteiger partial charge in [-0.1, -0.05) is 54.6 Å². The zero-order chi connectivity index (χ0) is 25.8. The Morgan fingerprint density at radius 1 is 1.00 bits per heavy atom. The highest BCUT2D eigenvalue weighted by Crippen LogP contribution is 2.37. The summed E-state index contributed by atoms with van der Waals surface area (Å²) < 4.78 is 32.3. The lowest BCUT2D eigenvalue weighted by molar-refractivity contribution is -0.110. The highest BCUT2D eigenvalue weighted by atomic mass is 32.2. The SMILES string of the molecule is CS(=O)(=O)N(CCN1CCOCC1)c1cccc(N/C(=C2\C(=O)Nc3ccccc32)c2ccccc2)c1. The predicted molar refractivity (Wildman–Crippen MR) is 148 cm³/mol. The molecule has 0 saturated carbocycles. The summed E-state index contributed by atoms with van der Waals surface area (Å²) in [6.07, 6.45) is 1.23. The summed E-state index contributed by atoms with van der Waals surface area (Å²) in [4.78, 5) is 15.3. The molecule has 3 aromatic rings. The number of sulfonamides is 1. The number of nitrogens with one attached hydrogen (secondary N) is 2. The van der Waals surface area contributed by atoms with Gasteiger partial charge < -0.3 is 15.4 Å². The molecule has 2 heterocycles. The summed E-state index contributed by atoms with van der Waals surface area (Å²) >= 11 is 0. The van der Waals surface area contributed by atoms with Gasteiger partial charge in [-0.15, -0.1) is 0 Å². The number of morpholine rings is 1. The number of ether oxygens (including phenoxy) is 1. The zero-order valence-corrected chi connectivity index (χ0v) is 21.5. The second-order valence-corrected chi connectivity index (χ2v) is 11.0. The van der Waals surface area contributed by atoms with E-state index in [2.05, 4.69) is 15.5 Å². The fourth-order valence-electron chi connectivity index (χ4n) is 4.68. The van der Waals surface area contributed by atoms with Gasteiger partial charge in [0, 0.05) is 43.1 Å². The molecule has 192 valence electrons. The number of hydrogen-bond acceptors (Lipinski definition) is 6. The Kier molecular flexibility index (Phi) is 7.27. The van der Waals surface area contributed by atoms with Crippen molar-refractivity contribution < 1.29 is 17.9 Å². The minimum absolute atomic E-state index is 0.188. The maximum absolute atomic E-state index is 13.1. The molecule has 0 radical (unpaired) electrons. The Hall–Kier alpha value is -3.66. The molecule has 1 fully saturated rings. The lowest BCUT2D eigenvalue weighted by Gasteiger charge is -2.30. The van der Waals surface area contributed by atoms with Crippen molar-refractivity contribution in [3.05, 3.63) is 90.0 Å². The molecule has 8 nitrogen and oxygen atoms in total. The van der Waals surface area contributed by atoms with Crippen LogP contribution >= 0.6 is 0 Å². The van der Waals surface area contributed by atoms with Gasteiger partial charge in [0.05, 0.1) is 36.4 Å². The third-order valence-electron chi connectivity index (χ3n) is 6.51. The van der Waals surface area contributed by atoms with Gasteiger partial charge in [-0.2, -0.15) is 0 Å². The van der Waals surface area contributed by atoms with E-state index in [0.717, 1.165) is 29.9 Å². The first-order valence-corrected chi connectivity index (χ1v) is 14.1. The van der Waals surface area contributed by atoms with Gasteiger partial charge in [-0.25, -0.2) is 8.42 Å². The first-order chi connectivity index (χ1) is 17.9. The molecule has 37 heavy (non-hydrogen) atoms. The van der Waals surface area contributed by atoms with Crippen LogP contribution < -0.4 is 14.9 Å². The lowest BCUT2D eigenvalue weighted by atomic mass is 10.00. The Morgan fingerprint density at radius 2 is 1.73 bits per heavy atom. The summed E-state index contributed by atoms with van der Waals surface area (Å²) in [7, 11) is -3.51. The van der Waals surface area contributed by atoms with Crippen LogP contribution in [0.1, 0.15) is 11.1 Å². The average molecular weight is 519 g/mol. The van der Waals surface area contributed by atoms with Crippen LogP contribution in [-0.4, -0.2) is 64.9 Å². The van der Waals surface area contributed by atoms with Crippen molar-refractivity contribution in [1.29, 1.82) is 0 Å². The van der Waals surface area contributed by atoms with Gasteiger partial charge >= 0.3 is 0 Å². The van der Waals surface area contributed by atoms with Crippen molar-refractivity contribution in [2.75, 3.05) is 60.6 Å². The van der Waals surface area contributed by atoms with E-state index in [1.807, 2.05) is 72.8 Å². The van der Waals surface area contributed by atoms with Gasteiger partial charge in [0.1, 0.15) is 0 Å². The van der Waals surface area contributed by atoms with E-state index in [0.29, 0.717) is 48.9 Å². The van der Waals surface area contributed by atoms with Gasteiger partial charge in [0.25, 0.3) is 5.91 Å². The van der Waals surface area contributed by atoms with Crippen LogP contribution in [0.3, 0.4) is 0 Å². The number of hydrogen-bond donors (Lipinski definition) is 2. The average Bonchev–Trinajstić information content (AvgIpc) is 3.23. The Bertz CT molecular complexity index is 1420. The number of amides is 1. The molecular formula is C28H30N4O4S. The summed E-state index contributed by atoms with van der Waals surface area (Å²) in [5.74, 6) is -0.188. The third kappa shape index (κ3) is 5.69. The van der Waals surface area contributed by atoms with E-state index < -0.39 is 10.0 Å². The molecular weight excluding hydrogens is 488 g/mol. The van der Waals surface area contributed by atoms with E-state index in [9.17, 15) is 13.2 Å². The van der Waals surface area contributed by atoms with E-state index in [1.165, 1.54) is 10.6 Å². The summed E-state index contributed by atoms with van der Waals surface area (Å²) in [6, 6.07) is 24.5. The number of fused-ring (bicyclic) bond motifs is 1. The number of benzene rings is 3. The second-order valence-electron chi connectivity index (χ2n) is 9.08. The number of carbonyl (C=O) groups is 1. The molecule has 0 unspecified atom stereocenters. The van der Waals surface area contributed by atoms with Gasteiger partial charge in [-0.05, 0) is 29.8 Å². The topological polar surface area (TPSA) is 91.0 Å². The van der Waals surface area contributed by atoms with Crippen LogP contribution in [0, 0.1) is 0 Å². The number of carbonyl (C=O) groups excluding carboxylic acids is 1. The molecule has 2 aliphatic heterocycles. The highest BCUT2D eigenvalue weighted by Gasteiger charge is 2.28. The van der Waals surface area contributed by atoms with Crippen LogP contribution in [0.4, 0.5) is 17.1 Å². The van der Waals surface area contributed by atoms with Crippen LogP contribution in [0.15, 0.2) is 78.9 Å². The van der Waals surface area contributed by atoms with Crippen molar-refractivity contribution in [3.8, 4) is 0 Å². The lowest BCUT2D eigenvalue weighted by Crippen LogP contribution is -2.43. The molecule has 0 atom stereocenters. The fourth-order valence-corrected chi connectivity index (χ4v) is 5.59. The van der Waals surface area contributed by atoms with Crippen LogP contribution in [-0.2, 0) is 19.6 Å². The molecule has 5 rings (SSSR count). The molecule has 1 amide bonds. The van der Waals surface area contributed by atoms with Crippen molar-refractivity contribution in [2.24, 2.45) is 0 Å². The van der Waals surface area contributed by atoms with E-state index >= 15 is 0 Å². The van der Waals surface area contributed by atoms with E-state index in [4.69, 9.17) is 4.74 Å². The largest absolute Gasteiger partial charge is 0.379 e. The Balaban J connectivity index is 1.49. The minimum atomic E-state index is -3.51. The zero-order valence-electron chi connectivity index (χ0n) is 20.7. The monoisotopic (exact) mass is 518 g/mol. The van der Waals surface area contributed by atoms with Crippen LogP contribution in [0.25, 0.3) is 11.3 Å². The normalized spacial score (nSPS) is 17.2. The quantitative estimate of drug-likeness (QED) is 0.442. The van der Waals surface area contributed by atoms with Crippen LogP contribution in [0.5, 0.6) is 0 Å². The molecule has 0 aliphatic carbocycles. The van der Waals surface area contributed by atoms with Crippen molar-refractivity contribution in [2.45, 2.75) is 0 Å². The molecule has 2 aliphatic rings. The first-order valence-electron chi connectivity index (χ1n) is 12.3. The van der Waals surface area contributed by atoms with Crippen LogP contribution in [0.2, 0.25) is 0 Å². The van der Waals surface area contributed by atoms with E-state index in [1.54, 1.807) is 6.07 Å². The molecule has 2 N–H and O–H groups in total. The minimum Gasteiger partial charge on any atom is -0.379 e. The number of nitrogens with zero attached hydrogens (tertiary/aromatic N) is 2. The predicted octanol–water partition coefficient (Wildman–Crippen LogP) is 3.72. The maximum Gasteiger partial charge on any atom is 0.258 e. The van der Waals surface area contributed by atoms with Gasteiger partial charge in [0.15, 0.2) is 0 Å². The third-order valence-corrected chi connectivity index (χ3v) is 7.71. The molecule has 9 heteroatoms. The molecule has 0 bridgehead atoms. The van der Waals surface area contributed by atoms with E-state index in [-0.39, 0.29) is 5.91 Å². The van der Waals surface area contributed by atoms with Gasteiger partial charge in [0.2, 0.25) is 10.0 Å². The van der Waals surface area contributed by atoms with Crippen molar-refractivity contribution in [1.82, 2.24) is 4.90 Å².